The molecule has 0 N–H and O–H groups in total. The van der Waals surface area contributed by atoms with Crippen LogP contribution in [0.4, 0.5) is 4.39 Å². The van der Waals surface area contributed by atoms with Crippen LogP contribution in [0.1, 0.15) is 32.1 Å². The van der Waals surface area contributed by atoms with Gasteiger partial charge in [-0.1, -0.05) is 31.0 Å². The zero-order chi connectivity index (χ0) is 22.2. The van der Waals surface area contributed by atoms with Crippen LogP contribution in [-0.4, -0.2) is 82.2 Å². The molecule has 2 fully saturated rings. The van der Waals surface area contributed by atoms with Crippen molar-refractivity contribution >= 4 is 17.7 Å². The van der Waals surface area contributed by atoms with Crippen molar-refractivity contribution in [2.75, 3.05) is 51.7 Å². The maximum absolute atomic E-state index is 13.4. The van der Waals surface area contributed by atoms with Crippen LogP contribution in [0.25, 0.3) is 11.4 Å². The Morgan fingerprint density at radius 2 is 1.62 bits per heavy atom. The smallest absolute Gasteiger partial charge is 0.233 e. The number of ether oxygens (including phenoxy) is 1. The van der Waals surface area contributed by atoms with Gasteiger partial charge < -0.3 is 14.2 Å². The zero-order valence-corrected chi connectivity index (χ0v) is 19.4. The van der Waals surface area contributed by atoms with E-state index in [0.29, 0.717) is 18.1 Å². The molecule has 3 heterocycles. The van der Waals surface area contributed by atoms with Gasteiger partial charge in [0.15, 0.2) is 11.0 Å². The Bertz CT molecular complexity index is 862. The molecule has 1 aromatic heterocycles. The Balaban J connectivity index is 1.46. The van der Waals surface area contributed by atoms with Gasteiger partial charge >= 0.3 is 0 Å². The number of thioether (sulfide) groups is 1. The number of hydrogen-bond donors (Lipinski definition) is 0. The number of rotatable bonds is 7. The molecule has 0 unspecified atom stereocenters. The number of amides is 1. The minimum atomic E-state index is -0.276. The number of nitrogens with zero attached hydrogens (tertiary/aromatic N) is 5. The first-order valence-electron chi connectivity index (χ1n) is 11.6. The maximum atomic E-state index is 13.4. The Labute approximate surface area is 193 Å². The fourth-order valence-electron chi connectivity index (χ4n) is 4.19. The number of aromatic nitrogens is 3. The average Bonchev–Trinajstić information content (AvgIpc) is 3.20. The number of halogens is 1. The Morgan fingerprint density at radius 1 is 0.938 bits per heavy atom. The van der Waals surface area contributed by atoms with Crippen LogP contribution in [0.3, 0.4) is 0 Å². The predicted molar refractivity (Wildman–Crippen MR) is 123 cm³/mol. The van der Waals surface area contributed by atoms with Crippen LogP contribution < -0.4 is 0 Å². The highest BCUT2D eigenvalue weighted by Gasteiger charge is 2.20. The number of benzene rings is 1. The number of likely N-dealkylation sites (tertiary alicyclic amines) is 1. The molecule has 0 saturated carbocycles. The monoisotopic (exact) mass is 461 g/mol. The molecule has 174 valence electrons. The summed E-state index contributed by atoms with van der Waals surface area (Å²) < 4.78 is 20.9. The second kappa shape index (κ2) is 11.8. The number of carbonyl (C=O) groups excluding carboxylic acids is 1. The van der Waals surface area contributed by atoms with Gasteiger partial charge in [-0.15, -0.1) is 10.2 Å². The fourth-order valence-corrected chi connectivity index (χ4v) is 5.06. The summed E-state index contributed by atoms with van der Waals surface area (Å²) in [5.41, 5.74) is 0.822. The quantitative estimate of drug-likeness (QED) is 0.590. The van der Waals surface area contributed by atoms with Crippen LogP contribution in [0.2, 0.25) is 0 Å². The highest BCUT2D eigenvalue weighted by molar-refractivity contribution is 7.99. The number of carbonyl (C=O) groups is 1. The van der Waals surface area contributed by atoms with E-state index in [1.54, 1.807) is 12.1 Å². The minimum Gasteiger partial charge on any atom is -0.379 e. The van der Waals surface area contributed by atoms with Crippen molar-refractivity contribution in [1.29, 1.82) is 0 Å². The topological polar surface area (TPSA) is 63.5 Å². The molecule has 2 aromatic rings. The lowest BCUT2D eigenvalue weighted by molar-refractivity contribution is -0.128. The van der Waals surface area contributed by atoms with E-state index < -0.39 is 0 Å². The van der Waals surface area contributed by atoms with Crippen LogP contribution in [0.15, 0.2) is 29.4 Å². The molecule has 2 aliphatic heterocycles. The SMILES string of the molecule is O=C(CSc1nnc(-c2ccc(F)cc2)n1CCN1CCOCC1)N1CCCCCCC1. The lowest BCUT2D eigenvalue weighted by Crippen LogP contribution is -2.38. The van der Waals surface area contributed by atoms with Gasteiger partial charge in [0.05, 0.1) is 19.0 Å². The van der Waals surface area contributed by atoms with Crippen molar-refractivity contribution < 1.29 is 13.9 Å². The summed E-state index contributed by atoms with van der Waals surface area (Å²) in [6.45, 7) is 6.57. The first-order chi connectivity index (χ1) is 15.7. The molecule has 1 amide bonds. The third-order valence-corrected chi connectivity index (χ3v) is 7.05. The van der Waals surface area contributed by atoms with Gasteiger partial charge in [-0.05, 0) is 37.1 Å². The Hall–Kier alpha value is -1.97. The van der Waals surface area contributed by atoms with Crippen LogP contribution in [-0.2, 0) is 16.1 Å². The molecule has 0 aliphatic carbocycles. The normalized spacial score (nSPS) is 18.3. The highest BCUT2D eigenvalue weighted by Crippen LogP contribution is 2.25. The van der Waals surface area contributed by atoms with E-state index in [-0.39, 0.29) is 11.7 Å². The van der Waals surface area contributed by atoms with E-state index in [9.17, 15) is 9.18 Å². The summed E-state index contributed by atoms with van der Waals surface area (Å²) >= 11 is 1.45. The summed E-state index contributed by atoms with van der Waals surface area (Å²) in [5, 5.41) is 9.53. The predicted octanol–water partition coefficient (Wildman–Crippen LogP) is 3.30. The lowest BCUT2D eigenvalue weighted by atomic mass is 10.1. The first-order valence-corrected chi connectivity index (χ1v) is 12.6. The molecular formula is C23H32FN5O2S. The Kier molecular flexibility index (Phi) is 8.53. The van der Waals surface area contributed by atoms with Gasteiger partial charge in [0.1, 0.15) is 5.82 Å². The van der Waals surface area contributed by atoms with Crippen molar-refractivity contribution in [1.82, 2.24) is 24.6 Å². The number of morpholine rings is 1. The van der Waals surface area contributed by atoms with E-state index in [1.807, 2.05) is 4.90 Å². The number of hydrogen-bond acceptors (Lipinski definition) is 6. The van der Waals surface area contributed by atoms with Crippen molar-refractivity contribution in [2.24, 2.45) is 0 Å². The van der Waals surface area contributed by atoms with Gasteiger partial charge in [0.25, 0.3) is 0 Å². The van der Waals surface area contributed by atoms with Crippen molar-refractivity contribution in [3.8, 4) is 11.4 Å². The molecule has 32 heavy (non-hydrogen) atoms. The van der Waals surface area contributed by atoms with Crippen LogP contribution in [0.5, 0.6) is 0 Å². The summed E-state index contributed by atoms with van der Waals surface area (Å²) in [6, 6.07) is 6.33. The summed E-state index contributed by atoms with van der Waals surface area (Å²) in [7, 11) is 0. The maximum Gasteiger partial charge on any atom is 0.233 e. The van der Waals surface area contributed by atoms with Gasteiger partial charge in [-0.25, -0.2) is 4.39 Å². The van der Waals surface area contributed by atoms with Gasteiger partial charge in [-0.3, -0.25) is 9.69 Å². The molecule has 2 aliphatic rings. The van der Waals surface area contributed by atoms with Gasteiger partial charge in [-0.2, -0.15) is 0 Å². The third kappa shape index (κ3) is 6.30. The Morgan fingerprint density at radius 3 is 2.34 bits per heavy atom. The van der Waals surface area contributed by atoms with E-state index in [2.05, 4.69) is 19.7 Å². The minimum absolute atomic E-state index is 0.169. The molecule has 0 bridgehead atoms. The molecule has 2 saturated heterocycles. The first kappa shape index (κ1) is 23.2. The molecule has 0 spiro atoms. The van der Waals surface area contributed by atoms with Crippen LogP contribution in [0, 0.1) is 5.82 Å². The van der Waals surface area contributed by atoms with Crippen molar-refractivity contribution in [3.05, 3.63) is 30.1 Å². The highest BCUT2D eigenvalue weighted by atomic mass is 32.2. The molecule has 0 atom stereocenters. The van der Waals surface area contributed by atoms with Crippen LogP contribution >= 0.6 is 11.8 Å². The summed E-state index contributed by atoms with van der Waals surface area (Å²) in [5.74, 6) is 0.961. The van der Waals surface area contributed by atoms with E-state index >= 15 is 0 Å². The molecular weight excluding hydrogens is 429 g/mol. The van der Waals surface area contributed by atoms with E-state index in [1.165, 1.54) is 43.2 Å². The zero-order valence-electron chi connectivity index (χ0n) is 18.5. The molecule has 7 nitrogen and oxygen atoms in total. The fraction of sp³-hybridized carbons (Fsp3) is 0.609. The summed E-state index contributed by atoms with van der Waals surface area (Å²) in [6.07, 6.45) is 5.85. The second-order valence-corrected chi connectivity index (χ2v) is 9.30. The van der Waals surface area contributed by atoms with Gasteiger partial charge in [0.2, 0.25) is 5.91 Å². The van der Waals surface area contributed by atoms with E-state index in [4.69, 9.17) is 4.74 Å². The van der Waals surface area contributed by atoms with Crippen molar-refractivity contribution in [2.45, 2.75) is 43.8 Å². The lowest BCUT2D eigenvalue weighted by Gasteiger charge is -2.27. The molecule has 0 radical (unpaired) electrons. The standard InChI is InChI=1S/C23H32FN5O2S/c24-20-8-6-19(7-9-20)22-25-26-23(29(22)13-12-27-14-16-31-17-15-27)32-18-21(30)28-10-4-2-1-3-5-11-28/h6-9H,1-5,10-18H2. The largest absolute Gasteiger partial charge is 0.379 e. The van der Waals surface area contributed by atoms with Gasteiger partial charge in [0, 0.05) is 44.8 Å². The second-order valence-electron chi connectivity index (χ2n) is 8.36. The van der Waals surface area contributed by atoms with E-state index in [0.717, 1.165) is 69.5 Å². The third-order valence-electron chi connectivity index (χ3n) is 6.10. The molecule has 1 aromatic carbocycles. The van der Waals surface area contributed by atoms with Crippen molar-refractivity contribution in [3.63, 3.8) is 0 Å². The average molecular weight is 462 g/mol. The summed E-state index contributed by atoms with van der Waals surface area (Å²) in [4.78, 5) is 17.2. The molecule has 4 rings (SSSR count). The molecule has 9 heteroatoms.